The Hall–Kier alpha value is -2.13. The van der Waals surface area contributed by atoms with Gasteiger partial charge in [0, 0.05) is 13.1 Å². The van der Waals surface area contributed by atoms with Crippen LogP contribution >= 0.6 is 0 Å². The van der Waals surface area contributed by atoms with Gasteiger partial charge in [0.1, 0.15) is 0 Å². The number of hydrogen-bond acceptors (Lipinski definition) is 2. The lowest BCUT2D eigenvalue weighted by molar-refractivity contribution is -0.124. The molecule has 0 aromatic heterocycles. The SMILES string of the molecule is Cc1ccc(-c2ccc(C[C@H]3NCCNC3=O)cc2)cc1. The predicted molar refractivity (Wildman–Crippen MR) is 85.1 cm³/mol. The van der Waals surface area contributed by atoms with Gasteiger partial charge in [0.05, 0.1) is 6.04 Å². The fourth-order valence-electron chi connectivity index (χ4n) is 2.63. The summed E-state index contributed by atoms with van der Waals surface area (Å²) in [6, 6.07) is 16.9. The highest BCUT2D eigenvalue weighted by Crippen LogP contribution is 2.20. The molecule has 2 aromatic carbocycles. The second kappa shape index (κ2) is 6.10. The number of piperazine rings is 1. The van der Waals surface area contributed by atoms with Crippen molar-refractivity contribution in [2.75, 3.05) is 13.1 Å². The van der Waals surface area contributed by atoms with E-state index in [1.165, 1.54) is 22.3 Å². The molecule has 1 aliphatic heterocycles. The van der Waals surface area contributed by atoms with Crippen LogP contribution in [0.15, 0.2) is 48.5 Å². The molecule has 0 radical (unpaired) electrons. The first-order valence-electron chi connectivity index (χ1n) is 7.39. The fourth-order valence-corrected chi connectivity index (χ4v) is 2.63. The molecular formula is C18H20N2O. The Balaban J connectivity index is 1.71. The van der Waals surface area contributed by atoms with Crippen LogP contribution in [0.3, 0.4) is 0 Å². The van der Waals surface area contributed by atoms with Crippen LogP contribution in [-0.4, -0.2) is 25.0 Å². The molecule has 0 spiro atoms. The first kappa shape index (κ1) is 13.8. The molecule has 3 rings (SSSR count). The van der Waals surface area contributed by atoms with Gasteiger partial charge in [-0.05, 0) is 30.0 Å². The third kappa shape index (κ3) is 3.31. The smallest absolute Gasteiger partial charge is 0.237 e. The number of hydrogen-bond donors (Lipinski definition) is 2. The van der Waals surface area contributed by atoms with E-state index in [1.807, 2.05) is 0 Å². The summed E-state index contributed by atoms with van der Waals surface area (Å²) in [6.07, 6.45) is 0.736. The number of carbonyl (C=O) groups excluding carboxylic acids is 1. The molecule has 1 fully saturated rings. The lowest BCUT2D eigenvalue weighted by atomic mass is 9.99. The maximum absolute atomic E-state index is 11.7. The van der Waals surface area contributed by atoms with Gasteiger partial charge in [-0.15, -0.1) is 0 Å². The van der Waals surface area contributed by atoms with Crippen molar-refractivity contribution in [3.8, 4) is 11.1 Å². The Morgan fingerprint density at radius 1 is 0.952 bits per heavy atom. The van der Waals surface area contributed by atoms with E-state index in [9.17, 15) is 4.79 Å². The quantitative estimate of drug-likeness (QED) is 0.905. The van der Waals surface area contributed by atoms with Crippen LogP contribution in [0.4, 0.5) is 0 Å². The van der Waals surface area contributed by atoms with Crippen LogP contribution in [0.25, 0.3) is 11.1 Å². The number of rotatable bonds is 3. The highest BCUT2D eigenvalue weighted by atomic mass is 16.2. The Morgan fingerprint density at radius 3 is 2.19 bits per heavy atom. The molecule has 1 heterocycles. The topological polar surface area (TPSA) is 41.1 Å². The van der Waals surface area contributed by atoms with Gasteiger partial charge < -0.3 is 10.6 Å². The second-order valence-corrected chi connectivity index (χ2v) is 5.56. The molecule has 3 nitrogen and oxygen atoms in total. The number of aryl methyl sites for hydroxylation is 1. The van der Waals surface area contributed by atoms with Gasteiger partial charge >= 0.3 is 0 Å². The average Bonchev–Trinajstić information content (AvgIpc) is 2.51. The summed E-state index contributed by atoms with van der Waals surface area (Å²) in [5.41, 5.74) is 4.88. The molecule has 3 heteroatoms. The van der Waals surface area contributed by atoms with E-state index >= 15 is 0 Å². The van der Waals surface area contributed by atoms with E-state index < -0.39 is 0 Å². The van der Waals surface area contributed by atoms with Crippen molar-refractivity contribution in [2.45, 2.75) is 19.4 Å². The molecule has 108 valence electrons. The lowest BCUT2D eigenvalue weighted by Crippen LogP contribution is -2.53. The highest BCUT2D eigenvalue weighted by molar-refractivity contribution is 5.82. The van der Waals surface area contributed by atoms with Crippen LogP contribution in [-0.2, 0) is 11.2 Å². The molecule has 0 bridgehead atoms. The van der Waals surface area contributed by atoms with Crippen molar-refractivity contribution < 1.29 is 4.79 Å². The molecule has 1 amide bonds. The summed E-state index contributed by atoms with van der Waals surface area (Å²) in [6.45, 7) is 3.66. The first-order valence-corrected chi connectivity index (χ1v) is 7.39. The average molecular weight is 280 g/mol. The maximum Gasteiger partial charge on any atom is 0.237 e. The molecule has 1 atom stereocenters. The Bertz CT molecular complexity index is 617. The first-order chi connectivity index (χ1) is 10.2. The van der Waals surface area contributed by atoms with Crippen molar-refractivity contribution in [1.82, 2.24) is 10.6 Å². The third-order valence-electron chi connectivity index (χ3n) is 3.91. The molecule has 1 saturated heterocycles. The number of carbonyl (C=O) groups is 1. The van der Waals surface area contributed by atoms with Gasteiger partial charge in [-0.25, -0.2) is 0 Å². The van der Waals surface area contributed by atoms with Crippen molar-refractivity contribution in [2.24, 2.45) is 0 Å². The molecule has 0 unspecified atom stereocenters. The zero-order valence-electron chi connectivity index (χ0n) is 12.2. The van der Waals surface area contributed by atoms with Crippen LogP contribution < -0.4 is 10.6 Å². The molecule has 21 heavy (non-hydrogen) atoms. The third-order valence-corrected chi connectivity index (χ3v) is 3.91. The molecule has 0 saturated carbocycles. The van der Waals surface area contributed by atoms with Gasteiger partial charge in [-0.3, -0.25) is 4.79 Å². The van der Waals surface area contributed by atoms with E-state index in [2.05, 4.69) is 66.1 Å². The van der Waals surface area contributed by atoms with E-state index in [4.69, 9.17) is 0 Å². The van der Waals surface area contributed by atoms with Gasteiger partial charge in [-0.2, -0.15) is 0 Å². The number of nitrogens with one attached hydrogen (secondary N) is 2. The van der Waals surface area contributed by atoms with E-state index in [-0.39, 0.29) is 11.9 Å². The van der Waals surface area contributed by atoms with E-state index in [1.54, 1.807) is 0 Å². The summed E-state index contributed by atoms with van der Waals surface area (Å²) < 4.78 is 0. The minimum absolute atomic E-state index is 0.101. The Kier molecular flexibility index (Phi) is 4.02. The summed E-state index contributed by atoms with van der Waals surface area (Å²) in [4.78, 5) is 11.7. The van der Waals surface area contributed by atoms with Crippen molar-refractivity contribution in [1.29, 1.82) is 0 Å². The Labute approximate surface area is 125 Å². The fraction of sp³-hybridized carbons (Fsp3) is 0.278. The maximum atomic E-state index is 11.7. The van der Waals surface area contributed by atoms with Gasteiger partial charge in [0.15, 0.2) is 0 Å². The van der Waals surface area contributed by atoms with Crippen molar-refractivity contribution in [3.63, 3.8) is 0 Å². The van der Waals surface area contributed by atoms with E-state index in [0.29, 0.717) is 0 Å². The van der Waals surface area contributed by atoms with Crippen LogP contribution in [0, 0.1) is 6.92 Å². The highest BCUT2D eigenvalue weighted by Gasteiger charge is 2.21. The van der Waals surface area contributed by atoms with Crippen molar-refractivity contribution >= 4 is 5.91 Å². The molecule has 2 aromatic rings. The number of benzene rings is 2. The lowest BCUT2D eigenvalue weighted by Gasteiger charge is -2.23. The van der Waals surface area contributed by atoms with Gasteiger partial charge in [0.2, 0.25) is 5.91 Å². The molecule has 1 aliphatic rings. The minimum atomic E-state index is -0.107. The summed E-state index contributed by atoms with van der Waals surface area (Å²) >= 11 is 0. The second-order valence-electron chi connectivity index (χ2n) is 5.56. The minimum Gasteiger partial charge on any atom is -0.353 e. The molecule has 2 N–H and O–H groups in total. The Morgan fingerprint density at radius 2 is 1.57 bits per heavy atom. The monoisotopic (exact) mass is 280 g/mol. The van der Waals surface area contributed by atoms with E-state index in [0.717, 1.165) is 19.5 Å². The molecule has 0 aliphatic carbocycles. The largest absolute Gasteiger partial charge is 0.353 e. The van der Waals surface area contributed by atoms with Crippen LogP contribution in [0.2, 0.25) is 0 Å². The normalized spacial score (nSPS) is 18.3. The van der Waals surface area contributed by atoms with Crippen LogP contribution in [0.1, 0.15) is 11.1 Å². The van der Waals surface area contributed by atoms with Crippen molar-refractivity contribution in [3.05, 3.63) is 59.7 Å². The molecular weight excluding hydrogens is 260 g/mol. The number of amides is 1. The van der Waals surface area contributed by atoms with Gasteiger partial charge in [-0.1, -0.05) is 54.1 Å². The van der Waals surface area contributed by atoms with Gasteiger partial charge in [0.25, 0.3) is 0 Å². The summed E-state index contributed by atoms with van der Waals surface area (Å²) in [7, 11) is 0. The zero-order chi connectivity index (χ0) is 14.7. The standard InChI is InChI=1S/C18H20N2O/c1-13-2-6-15(7-3-13)16-8-4-14(5-9-16)12-17-18(21)20-11-10-19-17/h2-9,17,19H,10-12H2,1H3,(H,20,21)/t17-/m1/s1. The van der Waals surface area contributed by atoms with Crippen LogP contribution in [0.5, 0.6) is 0 Å². The summed E-state index contributed by atoms with van der Waals surface area (Å²) in [5, 5.41) is 6.15. The summed E-state index contributed by atoms with van der Waals surface area (Å²) in [5.74, 6) is 0.101. The zero-order valence-corrected chi connectivity index (χ0v) is 12.2. The predicted octanol–water partition coefficient (Wildman–Crippen LogP) is 2.29.